The van der Waals surface area contributed by atoms with Gasteiger partial charge in [0.05, 0.1) is 5.92 Å². The van der Waals surface area contributed by atoms with E-state index in [2.05, 4.69) is 12.2 Å². The van der Waals surface area contributed by atoms with Crippen LogP contribution in [0.15, 0.2) is 0 Å². The Labute approximate surface area is 108 Å². The van der Waals surface area contributed by atoms with E-state index in [4.69, 9.17) is 5.11 Å². The molecule has 0 aliphatic heterocycles. The van der Waals surface area contributed by atoms with Gasteiger partial charge < -0.3 is 15.3 Å². The highest BCUT2D eigenvalue weighted by Crippen LogP contribution is 2.34. The van der Waals surface area contributed by atoms with Gasteiger partial charge in [0.25, 0.3) is 0 Å². The van der Waals surface area contributed by atoms with Crippen LogP contribution in [0.5, 0.6) is 0 Å². The molecule has 3 unspecified atom stereocenters. The number of amides is 2. The molecule has 3 atom stereocenters. The topological polar surface area (TPSA) is 69.6 Å². The molecule has 0 radical (unpaired) electrons. The highest BCUT2D eigenvalue weighted by atomic mass is 16.4. The van der Waals surface area contributed by atoms with E-state index in [0.29, 0.717) is 12.3 Å². The van der Waals surface area contributed by atoms with Crippen molar-refractivity contribution >= 4 is 12.0 Å². The zero-order valence-corrected chi connectivity index (χ0v) is 11.1. The Hall–Kier alpha value is -1.26. The maximum absolute atomic E-state index is 12.1. The van der Waals surface area contributed by atoms with E-state index in [1.54, 1.807) is 11.9 Å². The summed E-state index contributed by atoms with van der Waals surface area (Å²) in [7, 11) is 1.79. The van der Waals surface area contributed by atoms with Gasteiger partial charge in [-0.1, -0.05) is 6.42 Å². The molecule has 2 rings (SSSR count). The van der Waals surface area contributed by atoms with Gasteiger partial charge in [0, 0.05) is 19.1 Å². The summed E-state index contributed by atoms with van der Waals surface area (Å²) < 4.78 is 0. The van der Waals surface area contributed by atoms with Crippen LogP contribution in [0.3, 0.4) is 0 Å². The lowest BCUT2D eigenvalue weighted by atomic mass is 10.0. The van der Waals surface area contributed by atoms with Crippen LogP contribution in [-0.2, 0) is 4.79 Å². The summed E-state index contributed by atoms with van der Waals surface area (Å²) in [6.07, 6.45) is 4.71. The van der Waals surface area contributed by atoms with Crippen LogP contribution < -0.4 is 5.32 Å². The molecule has 0 spiro atoms. The number of nitrogens with one attached hydrogen (secondary N) is 1. The first-order valence-electron chi connectivity index (χ1n) is 6.77. The number of rotatable bonds is 4. The van der Waals surface area contributed by atoms with Crippen molar-refractivity contribution in [3.05, 3.63) is 0 Å². The quantitative estimate of drug-likeness (QED) is 0.802. The van der Waals surface area contributed by atoms with Crippen LogP contribution in [-0.4, -0.2) is 41.1 Å². The molecular weight excluding hydrogens is 232 g/mol. The van der Waals surface area contributed by atoms with Gasteiger partial charge in [0.2, 0.25) is 0 Å². The van der Waals surface area contributed by atoms with E-state index in [1.165, 1.54) is 12.8 Å². The van der Waals surface area contributed by atoms with Gasteiger partial charge in [0.1, 0.15) is 0 Å². The fraction of sp³-hybridized carbons (Fsp3) is 0.846. The van der Waals surface area contributed by atoms with Crippen molar-refractivity contribution in [2.75, 3.05) is 7.05 Å². The smallest absolute Gasteiger partial charge is 0.317 e. The lowest BCUT2D eigenvalue weighted by Crippen LogP contribution is -2.49. The van der Waals surface area contributed by atoms with Crippen molar-refractivity contribution in [1.82, 2.24) is 10.2 Å². The Bertz CT molecular complexity index is 341. The molecule has 0 bridgehead atoms. The Morgan fingerprint density at radius 3 is 2.50 bits per heavy atom. The SMILES string of the molecule is CC(C1CC1)N(C)C(=O)NC1CCCC1C(=O)O. The van der Waals surface area contributed by atoms with Gasteiger partial charge >= 0.3 is 12.0 Å². The molecule has 0 aromatic heterocycles. The molecule has 102 valence electrons. The molecule has 2 aliphatic carbocycles. The molecule has 0 aromatic carbocycles. The summed E-state index contributed by atoms with van der Waals surface area (Å²) >= 11 is 0. The van der Waals surface area contributed by atoms with Crippen molar-refractivity contribution in [2.24, 2.45) is 11.8 Å². The van der Waals surface area contributed by atoms with Crippen molar-refractivity contribution in [2.45, 2.75) is 51.1 Å². The number of carboxylic acid groups (broad SMARTS) is 1. The fourth-order valence-electron chi connectivity index (χ4n) is 2.77. The monoisotopic (exact) mass is 254 g/mol. The molecule has 18 heavy (non-hydrogen) atoms. The average molecular weight is 254 g/mol. The predicted octanol–water partition coefficient (Wildman–Crippen LogP) is 1.68. The van der Waals surface area contributed by atoms with Crippen LogP contribution in [0.4, 0.5) is 4.79 Å². The summed E-state index contributed by atoms with van der Waals surface area (Å²) in [6, 6.07) is -0.0916. The summed E-state index contributed by atoms with van der Waals surface area (Å²) in [5.74, 6) is -0.589. The maximum atomic E-state index is 12.1. The number of carboxylic acids is 1. The molecule has 0 saturated heterocycles. The highest BCUT2D eigenvalue weighted by molar-refractivity contribution is 5.77. The number of aliphatic carboxylic acids is 1. The second-order valence-electron chi connectivity index (χ2n) is 5.62. The van der Waals surface area contributed by atoms with Crippen LogP contribution in [0.25, 0.3) is 0 Å². The van der Waals surface area contributed by atoms with Gasteiger partial charge in [-0.3, -0.25) is 4.79 Å². The van der Waals surface area contributed by atoms with Gasteiger partial charge in [-0.05, 0) is 38.5 Å². The fourth-order valence-corrected chi connectivity index (χ4v) is 2.77. The Morgan fingerprint density at radius 2 is 1.94 bits per heavy atom. The van der Waals surface area contributed by atoms with Crippen molar-refractivity contribution in [3.63, 3.8) is 0 Å². The van der Waals surface area contributed by atoms with Crippen LogP contribution >= 0.6 is 0 Å². The Morgan fingerprint density at radius 1 is 1.28 bits per heavy atom. The zero-order valence-electron chi connectivity index (χ0n) is 11.1. The molecule has 2 N–H and O–H groups in total. The molecule has 2 amide bonds. The summed E-state index contributed by atoms with van der Waals surface area (Å²) in [6.45, 7) is 2.06. The number of carbonyl (C=O) groups is 2. The van der Waals surface area contributed by atoms with Gasteiger partial charge in [0.15, 0.2) is 0 Å². The summed E-state index contributed by atoms with van der Waals surface area (Å²) in [5.41, 5.74) is 0. The zero-order chi connectivity index (χ0) is 13.3. The molecule has 0 heterocycles. The van der Waals surface area contributed by atoms with Gasteiger partial charge in [-0.2, -0.15) is 0 Å². The van der Waals surface area contributed by atoms with Crippen molar-refractivity contribution in [3.8, 4) is 0 Å². The first kappa shape index (κ1) is 13.2. The van der Waals surface area contributed by atoms with E-state index in [1.807, 2.05) is 0 Å². The third-order valence-electron chi connectivity index (χ3n) is 4.38. The van der Waals surface area contributed by atoms with Crippen molar-refractivity contribution in [1.29, 1.82) is 0 Å². The average Bonchev–Trinajstić information content (AvgIpc) is 3.07. The summed E-state index contributed by atoms with van der Waals surface area (Å²) in [5, 5.41) is 12.0. The van der Waals surface area contributed by atoms with E-state index >= 15 is 0 Å². The van der Waals surface area contributed by atoms with E-state index in [-0.39, 0.29) is 18.1 Å². The Balaban J connectivity index is 1.87. The lowest BCUT2D eigenvalue weighted by molar-refractivity contribution is -0.142. The molecular formula is C13H22N2O3. The largest absolute Gasteiger partial charge is 0.481 e. The van der Waals surface area contributed by atoms with E-state index in [0.717, 1.165) is 12.8 Å². The summed E-state index contributed by atoms with van der Waals surface area (Å²) in [4.78, 5) is 24.8. The minimum Gasteiger partial charge on any atom is -0.481 e. The van der Waals surface area contributed by atoms with Crippen molar-refractivity contribution < 1.29 is 14.7 Å². The normalized spacial score (nSPS) is 28.8. The minimum absolute atomic E-state index is 0.132. The number of nitrogens with zero attached hydrogens (tertiary/aromatic N) is 1. The van der Waals surface area contributed by atoms with E-state index < -0.39 is 11.9 Å². The number of urea groups is 1. The highest BCUT2D eigenvalue weighted by Gasteiger charge is 2.36. The third kappa shape index (κ3) is 2.76. The van der Waals surface area contributed by atoms with Crippen LogP contribution in [0.2, 0.25) is 0 Å². The maximum Gasteiger partial charge on any atom is 0.317 e. The standard InChI is InChI=1S/C13H22N2O3/c1-8(9-6-7-9)15(2)13(18)14-11-5-3-4-10(11)12(16)17/h8-11H,3-7H2,1-2H3,(H,14,18)(H,16,17). The third-order valence-corrected chi connectivity index (χ3v) is 4.38. The molecule has 0 aromatic rings. The molecule has 2 fully saturated rings. The minimum atomic E-state index is -0.796. The van der Waals surface area contributed by atoms with Gasteiger partial charge in [-0.25, -0.2) is 4.79 Å². The second-order valence-corrected chi connectivity index (χ2v) is 5.62. The Kier molecular flexibility index (Phi) is 3.78. The first-order valence-corrected chi connectivity index (χ1v) is 6.77. The van der Waals surface area contributed by atoms with E-state index in [9.17, 15) is 9.59 Å². The second kappa shape index (κ2) is 5.16. The lowest BCUT2D eigenvalue weighted by Gasteiger charge is -2.28. The number of carbonyl (C=O) groups excluding carboxylic acids is 1. The molecule has 5 heteroatoms. The molecule has 2 aliphatic rings. The molecule has 5 nitrogen and oxygen atoms in total. The first-order chi connectivity index (χ1) is 8.50. The molecule has 2 saturated carbocycles. The predicted molar refractivity (Wildman–Crippen MR) is 67.2 cm³/mol. The number of hydrogen-bond donors (Lipinski definition) is 2. The van der Waals surface area contributed by atoms with Gasteiger partial charge in [-0.15, -0.1) is 0 Å². The van der Waals surface area contributed by atoms with Crippen LogP contribution in [0, 0.1) is 11.8 Å². The number of hydrogen-bond acceptors (Lipinski definition) is 2. The van der Waals surface area contributed by atoms with Crippen LogP contribution in [0.1, 0.15) is 39.0 Å².